The van der Waals surface area contributed by atoms with Crippen LogP contribution in [0.25, 0.3) is 0 Å². The fraction of sp³-hybridized carbons (Fsp3) is 0.143. The highest BCUT2D eigenvalue weighted by Gasteiger charge is 2.30. The zero-order chi connectivity index (χ0) is 18.0. The maximum absolute atomic E-state index is 12.4. The molecule has 0 aliphatic heterocycles. The summed E-state index contributed by atoms with van der Waals surface area (Å²) < 4.78 is 61.5. The first-order valence-corrected chi connectivity index (χ1v) is 8.43. The minimum absolute atomic E-state index is 0.0373. The van der Waals surface area contributed by atoms with E-state index in [1.54, 1.807) is 0 Å². The van der Waals surface area contributed by atoms with Gasteiger partial charge in [0.15, 0.2) is 5.03 Å². The maximum Gasteiger partial charge on any atom is 0.416 e. The lowest BCUT2D eigenvalue weighted by atomic mass is 10.2. The average molecular weight is 379 g/mol. The molecule has 2 rings (SSSR count). The van der Waals surface area contributed by atoms with Gasteiger partial charge in [0.2, 0.25) is 15.7 Å². The molecule has 10 heteroatoms. The lowest BCUT2D eigenvalue weighted by Crippen LogP contribution is -2.23. The van der Waals surface area contributed by atoms with Crippen LogP contribution in [0.15, 0.2) is 47.6 Å². The van der Waals surface area contributed by atoms with Gasteiger partial charge >= 0.3 is 6.18 Å². The Morgan fingerprint density at radius 1 is 1.17 bits per heavy atom. The smallest absolute Gasteiger partial charge is 0.325 e. The maximum atomic E-state index is 12.4. The monoisotopic (exact) mass is 378 g/mol. The Kier molecular flexibility index (Phi) is 5.14. The Labute approximate surface area is 140 Å². The van der Waals surface area contributed by atoms with E-state index >= 15 is 0 Å². The Hall–Kier alpha value is -2.13. The molecule has 1 N–H and O–H groups in total. The van der Waals surface area contributed by atoms with Gasteiger partial charge in [-0.3, -0.25) is 4.79 Å². The van der Waals surface area contributed by atoms with Gasteiger partial charge < -0.3 is 5.32 Å². The molecule has 1 heterocycles. The topological polar surface area (TPSA) is 76.1 Å². The van der Waals surface area contributed by atoms with Gasteiger partial charge in [0.25, 0.3) is 0 Å². The highest BCUT2D eigenvalue weighted by atomic mass is 35.5. The normalized spacial score (nSPS) is 12.0. The molecule has 2 aromatic rings. The highest BCUT2D eigenvalue weighted by molar-refractivity contribution is 7.92. The number of anilines is 1. The van der Waals surface area contributed by atoms with E-state index in [-0.39, 0.29) is 10.7 Å². The SMILES string of the molecule is O=C(CS(=O)(=O)c1ncccc1Cl)Nc1ccc(C(F)(F)F)cc1. The number of sulfone groups is 1. The van der Waals surface area contributed by atoms with E-state index in [0.717, 1.165) is 24.3 Å². The van der Waals surface area contributed by atoms with Crippen molar-refractivity contribution in [1.29, 1.82) is 0 Å². The van der Waals surface area contributed by atoms with Crippen LogP contribution in [-0.2, 0) is 20.8 Å². The van der Waals surface area contributed by atoms with Gasteiger partial charge in [0, 0.05) is 11.9 Å². The quantitative estimate of drug-likeness (QED) is 0.886. The van der Waals surface area contributed by atoms with E-state index in [9.17, 15) is 26.4 Å². The second-order valence-electron chi connectivity index (χ2n) is 4.67. The number of rotatable bonds is 4. The fourth-order valence-corrected chi connectivity index (χ4v) is 3.40. The summed E-state index contributed by atoms with van der Waals surface area (Å²) in [5, 5.41) is 1.65. The molecule has 0 aliphatic carbocycles. The van der Waals surface area contributed by atoms with Gasteiger partial charge in [0.05, 0.1) is 10.6 Å². The average Bonchev–Trinajstić information content (AvgIpc) is 2.46. The van der Waals surface area contributed by atoms with Crippen molar-refractivity contribution in [2.75, 3.05) is 11.1 Å². The molecule has 0 saturated carbocycles. The first-order chi connectivity index (χ1) is 11.1. The first kappa shape index (κ1) is 18.2. The Balaban J connectivity index is 2.09. The van der Waals surface area contributed by atoms with Crippen LogP contribution in [0.3, 0.4) is 0 Å². The number of hydrogen-bond donors (Lipinski definition) is 1. The Bertz CT molecular complexity index is 852. The van der Waals surface area contributed by atoms with E-state index in [1.807, 2.05) is 0 Å². The molecule has 1 amide bonds. The number of carbonyl (C=O) groups is 1. The third-order valence-corrected chi connectivity index (χ3v) is 4.81. The molecule has 0 unspecified atom stereocenters. The third kappa shape index (κ3) is 4.45. The number of benzene rings is 1. The van der Waals surface area contributed by atoms with Crippen LogP contribution in [0.5, 0.6) is 0 Å². The van der Waals surface area contributed by atoms with Crippen LogP contribution in [0.4, 0.5) is 18.9 Å². The summed E-state index contributed by atoms with van der Waals surface area (Å²) in [4.78, 5) is 15.4. The number of aromatic nitrogens is 1. The second-order valence-corrected chi connectivity index (χ2v) is 6.98. The number of hydrogen-bond acceptors (Lipinski definition) is 4. The second kappa shape index (κ2) is 6.78. The highest BCUT2D eigenvalue weighted by Crippen LogP contribution is 2.29. The van der Waals surface area contributed by atoms with Gasteiger partial charge in [0.1, 0.15) is 5.75 Å². The van der Waals surface area contributed by atoms with E-state index in [2.05, 4.69) is 10.3 Å². The molecule has 0 spiro atoms. The standard InChI is InChI=1S/C14H10ClF3N2O3S/c15-11-2-1-7-19-13(11)24(22,23)8-12(21)20-10-5-3-9(4-6-10)14(16,17)18/h1-7H,8H2,(H,20,21). The summed E-state index contributed by atoms with van der Waals surface area (Å²) in [7, 11) is -4.08. The van der Waals surface area contributed by atoms with E-state index in [0.29, 0.717) is 0 Å². The van der Waals surface area contributed by atoms with Crippen molar-refractivity contribution in [3.63, 3.8) is 0 Å². The van der Waals surface area contributed by atoms with Crippen LogP contribution >= 0.6 is 11.6 Å². The third-order valence-electron chi connectivity index (χ3n) is 2.84. The van der Waals surface area contributed by atoms with Gasteiger partial charge in [-0.25, -0.2) is 13.4 Å². The number of nitrogens with one attached hydrogen (secondary N) is 1. The summed E-state index contributed by atoms with van der Waals surface area (Å²) >= 11 is 5.73. The Morgan fingerprint density at radius 2 is 1.79 bits per heavy atom. The van der Waals surface area contributed by atoms with Crippen molar-refractivity contribution in [2.24, 2.45) is 0 Å². The van der Waals surface area contributed by atoms with E-state index in [4.69, 9.17) is 11.6 Å². The van der Waals surface area contributed by atoms with Gasteiger partial charge in [-0.15, -0.1) is 0 Å². The summed E-state index contributed by atoms with van der Waals surface area (Å²) in [5.74, 6) is -1.86. The number of pyridine rings is 1. The van der Waals surface area contributed by atoms with Crippen molar-refractivity contribution < 1.29 is 26.4 Å². The molecule has 0 radical (unpaired) electrons. The van der Waals surface area contributed by atoms with Crippen molar-refractivity contribution in [3.05, 3.63) is 53.2 Å². The zero-order valence-corrected chi connectivity index (χ0v) is 13.4. The summed E-state index contributed by atoms with van der Waals surface area (Å²) in [5.41, 5.74) is -0.844. The molecule has 5 nitrogen and oxygen atoms in total. The largest absolute Gasteiger partial charge is 0.416 e. The molecule has 1 aromatic heterocycles. The predicted octanol–water partition coefficient (Wildman–Crippen LogP) is 3.17. The minimum atomic E-state index is -4.50. The molecule has 0 aliphatic rings. The van der Waals surface area contributed by atoms with Gasteiger partial charge in [-0.2, -0.15) is 13.2 Å². The van der Waals surface area contributed by atoms with Crippen LogP contribution in [-0.4, -0.2) is 25.1 Å². The molecular weight excluding hydrogens is 369 g/mol. The molecular formula is C14H10ClF3N2O3S. The number of amides is 1. The van der Waals surface area contributed by atoms with Gasteiger partial charge in [-0.1, -0.05) is 11.6 Å². The lowest BCUT2D eigenvalue weighted by Gasteiger charge is -2.09. The molecule has 0 saturated heterocycles. The lowest BCUT2D eigenvalue weighted by molar-refractivity contribution is -0.137. The van der Waals surface area contributed by atoms with E-state index < -0.39 is 38.3 Å². The number of alkyl halides is 3. The van der Waals surface area contributed by atoms with Crippen LogP contribution in [0.1, 0.15) is 5.56 Å². The Morgan fingerprint density at radius 3 is 2.33 bits per heavy atom. The molecule has 24 heavy (non-hydrogen) atoms. The van der Waals surface area contributed by atoms with Crippen LogP contribution < -0.4 is 5.32 Å². The molecule has 0 fully saturated rings. The van der Waals surface area contributed by atoms with Gasteiger partial charge in [-0.05, 0) is 36.4 Å². The van der Waals surface area contributed by atoms with Crippen LogP contribution in [0, 0.1) is 0 Å². The van der Waals surface area contributed by atoms with Crippen molar-refractivity contribution in [1.82, 2.24) is 4.98 Å². The molecule has 0 bridgehead atoms. The number of halogens is 4. The fourth-order valence-electron chi connectivity index (χ4n) is 1.78. The van der Waals surface area contributed by atoms with Crippen molar-refractivity contribution in [2.45, 2.75) is 11.2 Å². The van der Waals surface area contributed by atoms with Crippen LogP contribution in [0.2, 0.25) is 5.02 Å². The predicted molar refractivity (Wildman–Crippen MR) is 81.4 cm³/mol. The summed E-state index contributed by atoms with van der Waals surface area (Å²) in [6.07, 6.45) is -3.28. The van der Waals surface area contributed by atoms with Crippen molar-refractivity contribution >= 4 is 33.0 Å². The summed E-state index contributed by atoms with van der Waals surface area (Å²) in [6, 6.07) is 6.36. The minimum Gasteiger partial charge on any atom is -0.325 e. The first-order valence-electron chi connectivity index (χ1n) is 6.40. The molecule has 128 valence electrons. The number of carbonyl (C=O) groups excluding carboxylic acids is 1. The zero-order valence-electron chi connectivity index (χ0n) is 11.8. The molecule has 0 atom stereocenters. The summed E-state index contributed by atoms with van der Waals surface area (Å²) in [6.45, 7) is 0. The number of nitrogens with zero attached hydrogens (tertiary/aromatic N) is 1. The van der Waals surface area contributed by atoms with Crippen molar-refractivity contribution in [3.8, 4) is 0 Å². The van der Waals surface area contributed by atoms with E-state index in [1.165, 1.54) is 18.3 Å². The molecule has 1 aromatic carbocycles.